The van der Waals surface area contributed by atoms with Gasteiger partial charge in [-0.25, -0.2) is 0 Å². The zero-order chi connectivity index (χ0) is 20.2. The largest absolute Gasteiger partial charge is 0.378 e. The van der Waals surface area contributed by atoms with Gasteiger partial charge in [0.25, 0.3) is 0 Å². The summed E-state index contributed by atoms with van der Waals surface area (Å²) in [5.74, 6) is 4.08. The Morgan fingerprint density at radius 2 is 1.80 bits per heavy atom. The zero-order valence-corrected chi connectivity index (χ0v) is 18.1. The van der Waals surface area contributed by atoms with E-state index in [1.807, 2.05) is 0 Å². The molecule has 30 heavy (non-hydrogen) atoms. The standard InChI is InChI=1S/C28H33NO/c1-17-5-8-20(9-6-17)28-27-22-13-12-21(16-22)26(27)23-15-18(7-14-24(23)29-28)3-2-4-25(30)19-10-11-19/h5-9,14-15,19,21-22,26-29H,2-4,10-13,16H2,1H3. The Kier molecular flexibility index (Phi) is 4.51. The third kappa shape index (κ3) is 3.20. The summed E-state index contributed by atoms with van der Waals surface area (Å²) in [7, 11) is 0. The first-order valence-electron chi connectivity index (χ1n) is 12.2. The number of rotatable bonds is 6. The molecule has 5 unspecified atom stereocenters. The molecule has 1 heterocycles. The highest BCUT2D eigenvalue weighted by atomic mass is 16.1. The monoisotopic (exact) mass is 399 g/mol. The smallest absolute Gasteiger partial charge is 0.135 e. The minimum absolute atomic E-state index is 0.409. The molecule has 3 aliphatic carbocycles. The van der Waals surface area contributed by atoms with Gasteiger partial charge in [-0.05, 0) is 98.3 Å². The molecule has 2 aromatic carbocycles. The van der Waals surface area contributed by atoms with Crippen LogP contribution in [0.25, 0.3) is 0 Å². The van der Waals surface area contributed by atoms with Gasteiger partial charge in [-0.15, -0.1) is 0 Å². The fourth-order valence-electron chi connectivity index (χ4n) is 6.87. The molecule has 0 radical (unpaired) electrons. The fraction of sp³-hybridized carbons (Fsp3) is 0.536. The van der Waals surface area contributed by atoms with E-state index in [2.05, 4.69) is 54.7 Å². The minimum Gasteiger partial charge on any atom is -0.378 e. The van der Waals surface area contributed by atoms with Crippen LogP contribution in [0.5, 0.6) is 0 Å². The molecule has 4 aliphatic rings. The Labute approximate surface area is 180 Å². The number of nitrogens with one attached hydrogen (secondary N) is 1. The van der Waals surface area contributed by atoms with Crippen molar-refractivity contribution in [2.75, 3.05) is 5.32 Å². The third-order valence-corrected chi connectivity index (χ3v) is 8.51. The number of carbonyl (C=O) groups excluding carboxylic acids is 1. The molecule has 1 aliphatic heterocycles. The first kappa shape index (κ1) is 18.7. The van der Waals surface area contributed by atoms with Gasteiger partial charge >= 0.3 is 0 Å². The number of aryl methyl sites for hydroxylation is 2. The van der Waals surface area contributed by atoms with Gasteiger partial charge < -0.3 is 5.32 Å². The highest BCUT2D eigenvalue weighted by Crippen LogP contribution is 2.63. The first-order valence-corrected chi connectivity index (χ1v) is 12.2. The third-order valence-electron chi connectivity index (χ3n) is 8.51. The maximum atomic E-state index is 12.0. The molecule has 1 N–H and O–H groups in total. The van der Waals surface area contributed by atoms with Crippen molar-refractivity contribution in [3.63, 3.8) is 0 Å². The molecule has 6 rings (SSSR count). The van der Waals surface area contributed by atoms with Gasteiger partial charge in [0.2, 0.25) is 0 Å². The predicted octanol–water partition coefficient (Wildman–Crippen LogP) is 6.59. The molecule has 3 saturated carbocycles. The van der Waals surface area contributed by atoms with Crippen molar-refractivity contribution in [3.05, 3.63) is 64.7 Å². The summed E-state index contributed by atoms with van der Waals surface area (Å²) < 4.78 is 0. The van der Waals surface area contributed by atoms with Crippen molar-refractivity contribution < 1.29 is 4.79 Å². The quantitative estimate of drug-likeness (QED) is 0.593. The Morgan fingerprint density at radius 1 is 1.00 bits per heavy atom. The number of benzene rings is 2. The maximum absolute atomic E-state index is 12.0. The zero-order valence-electron chi connectivity index (χ0n) is 18.1. The van der Waals surface area contributed by atoms with Gasteiger partial charge in [0.05, 0.1) is 6.04 Å². The SMILES string of the molecule is Cc1ccc(C2Nc3ccc(CCCC(=O)C4CC4)cc3C3C4CCC(C4)C23)cc1. The average Bonchev–Trinajstić information content (AvgIpc) is 3.41. The van der Waals surface area contributed by atoms with Crippen LogP contribution in [0.1, 0.15) is 79.2 Å². The van der Waals surface area contributed by atoms with Gasteiger partial charge in [-0.1, -0.05) is 42.0 Å². The molecule has 3 fully saturated rings. The molecule has 2 bridgehead atoms. The second-order valence-corrected chi connectivity index (χ2v) is 10.5. The van der Waals surface area contributed by atoms with Gasteiger partial charge in [0.1, 0.15) is 5.78 Å². The van der Waals surface area contributed by atoms with Crippen LogP contribution < -0.4 is 5.32 Å². The number of fused-ring (bicyclic) bond motifs is 7. The van der Waals surface area contributed by atoms with E-state index in [9.17, 15) is 4.79 Å². The topological polar surface area (TPSA) is 29.1 Å². The lowest BCUT2D eigenvalue weighted by molar-refractivity contribution is -0.120. The van der Waals surface area contributed by atoms with Gasteiger partial charge in [0, 0.05) is 18.0 Å². The summed E-state index contributed by atoms with van der Waals surface area (Å²) in [6.07, 6.45) is 9.33. The molecular weight excluding hydrogens is 366 g/mol. The molecule has 2 nitrogen and oxygen atoms in total. The van der Waals surface area contributed by atoms with Crippen LogP contribution in [0.2, 0.25) is 0 Å². The molecule has 2 heteroatoms. The highest BCUT2D eigenvalue weighted by molar-refractivity contribution is 5.83. The van der Waals surface area contributed by atoms with Crippen LogP contribution in [0.4, 0.5) is 5.69 Å². The van der Waals surface area contributed by atoms with Gasteiger partial charge in [0.15, 0.2) is 0 Å². The van der Waals surface area contributed by atoms with Crippen molar-refractivity contribution >= 4 is 11.5 Å². The minimum atomic E-state index is 0.409. The van der Waals surface area contributed by atoms with E-state index in [1.165, 1.54) is 41.6 Å². The lowest BCUT2D eigenvalue weighted by Crippen LogP contribution is -2.35. The Morgan fingerprint density at radius 3 is 2.60 bits per heavy atom. The molecule has 0 saturated heterocycles. The van der Waals surface area contributed by atoms with Crippen LogP contribution in [0.3, 0.4) is 0 Å². The van der Waals surface area contributed by atoms with E-state index in [4.69, 9.17) is 0 Å². The van der Waals surface area contributed by atoms with Crippen molar-refractivity contribution in [1.82, 2.24) is 0 Å². The Hall–Kier alpha value is -2.09. The number of Topliss-reactive ketones (excluding diaryl/α,β-unsaturated/α-hetero) is 1. The summed E-state index contributed by atoms with van der Waals surface area (Å²) in [5.41, 5.74) is 7.14. The van der Waals surface area contributed by atoms with Gasteiger partial charge in [-0.3, -0.25) is 4.79 Å². The van der Waals surface area contributed by atoms with Crippen LogP contribution >= 0.6 is 0 Å². The average molecular weight is 400 g/mol. The van der Waals surface area contributed by atoms with Crippen molar-refractivity contribution in [2.45, 2.75) is 70.3 Å². The predicted molar refractivity (Wildman–Crippen MR) is 122 cm³/mol. The lowest BCUT2D eigenvalue weighted by atomic mass is 9.68. The number of hydrogen-bond donors (Lipinski definition) is 1. The highest BCUT2D eigenvalue weighted by Gasteiger charge is 2.53. The van der Waals surface area contributed by atoms with E-state index >= 15 is 0 Å². The number of carbonyl (C=O) groups is 1. The molecule has 2 aromatic rings. The van der Waals surface area contributed by atoms with Crippen LogP contribution in [0, 0.1) is 30.6 Å². The number of ketones is 1. The number of hydrogen-bond acceptors (Lipinski definition) is 2. The Balaban J connectivity index is 1.27. The van der Waals surface area contributed by atoms with E-state index in [-0.39, 0.29) is 0 Å². The molecule has 156 valence electrons. The summed E-state index contributed by atoms with van der Waals surface area (Å²) in [6, 6.07) is 16.8. The Bertz CT molecular complexity index is 957. The van der Waals surface area contributed by atoms with E-state index in [0.717, 1.165) is 49.9 Å². The van der Waals surface area contributed by atoms with Crippen molar-refractivity contribution in [2.24, 2.45) is 23.7 Å². The first-order chi connectivity index (χ1) is 14.7. The molecular formula is C28H33NO. The number of anilines is 1. The second kappa shape index (κ2) is 7.25. The summed E-state index contributed by atoms with van der Waals surface area (Å²) in [5, 5.41) is 3.96. The van der Waals surface area contributed by atoms with Crippen LogP contribution in [-0.4, -0.2) is 5.78 Å². The van der Waals surface area contributed by atoms with E-state index in [0.29, 0.717) is 23.7 Å². The van der Waals surface area contributed by atoms with E-state index < -0.39 is 0 Å². The van der Waals surface area contributed by atoms with Crippen LogP contribution in [-0.2, 0) is 11.2 Å². The van der Waals surface area contributed by atoms with Crippen molar-refractivity contribution in [3.8, 4) is 0 Å². The molecule has 5 atom stereocenters. The summed E-state index contributed by atoms with van der Waals surface area (Å²) in [4.78, 5) is 12.0. The summed E-state index contributed by atoms with van der Waals surface area (Å²) in [6.45, 7) is 2.17. The molecule has 0 spiro atoms. The normalized spacial score (nSPS) is 31.2. The fourth-order valence-corrected chi connectivity index (χ4v) is 6.87. The van der Waals surface area contributed by atoms with Gasteiger partial charge in [-0.2, -0.15) is 0 Å². The van der Waals surface area contributed by atoms with Crippen molar-refractivity contribution in [1.29, 1.82) is 0 Å². The molecule has 0 amide bonds. The molecule has 0 aromatic heterocycles. The lowest BCUT2D eigenvalue weighted by Gasteiger charge is -2.43. The maximum Gasteiger partial charge on any atom is 0.135 e. The van der Waals surface area contributed by atoms with E-state index in [1.54, 1.807) is 5.56 Å². The second-order valence-electron chi connectivity index (χ2n) is 10.5. The van der Waals surface area contributed by atoms with Crippen LogP contribution in [0.15, 0.2) is 42.5 Å². The summed E-state index contributed by atoms with van der Waals surface area (Å²) >= 11 is 0.